The van der Waals surface area contributed by atoms with Crippen LogP contribution in [0.4, 0.5) is 0 Å². The molecular formula is C17H18N2O3. The lowest BCUT2D eigenvalue weighted by Gasteiger charge is -2.04. The van der Waals surface area contributed by atoms with Crippen LogP contribution in [0.25, 0.3) is 11.0 Å². The van der Waals surface area contributed by atoms with Crippen LogP contribution < -0.4 is 0 Å². The van der Waals surface area contributed by atoms with E-state index in [0.717, 1.165) is 28.6 Å². The van der Waals surface area contributed by atoms with Gasteiger partial charge in [-0.25, -0.2) is 4.79 Å². The van der Waals surface area contributed by atoms with Gasteiger partial charge >= 0.3 is 5.97 Å². The molecule has 0 saturated carbocycles. The number of carbonyl (C=O) groups is 1. The lowest BCUT2D eigenvalue weighted by molar-refractivity contribution is 0.0460. The van der Waals surface area contributed by atoms with Crippen molar-refractivity contribution < 1.29 is 13.9 Å². The van der Waals surface area contributed by atoms with E-state index < -0.39 is 5.97 Å². The number of aromatic nitrogens is 2. The van der Waals surface area contributed by atoms with Crippen LogP contribution in [0.3, 0.4) is 0 Å². The minimum atomic E-state index is -0.409. The zero-order chi connectivity index (χ0) is 15.5. The lowest BCUT2D eigenvalue weighted by atomic mass is 10.1. The second-order valence-electron chi connectivity index (χ2n) is 5.27. The zero-order valence-corrected chi connectivity index (χ0v) is 12.7. The van der Waals surface area contributed by atoms with Crippen molar-refractivity contribution in [2.24, 2.45) is 0 Å². The predicted molar refractivity (Wildman–Crippen MR) is 82.8 cm³/mol. The molecule has 2 heterocycles. The average Bonchev–Trinajstić information content (AvgIpc) is 3.13. The Morgan fingerprint density at radius 1 is 1.32 bits per heavy atom. The molecule has 0 radical (unpaired) electrons. The lowest BCUT2D eigenvalue weighted by Crippen LogP contribution is -2.09. The van der Waals surface area contributed by atoms with Crippen LogP contribution in [0.1, 0.15) is 28.1 Å². The van der Waals surface area contributed by atoms with Crippen molar-refractivity contribution >= 4 is 16.9 Å². The van der Waals surface area contributed by atoms with Crippen molar-refractivity contribution in [2.75, 3.05) is 6.61 Å². The third-order valence-corrected chi connectivity index (χ3v) is 3.67. The third-order valence-electron chi connectivity index (χ3n) is 3.67. The molecule has 0 unspecified atom stereocenters. The summed E-state index contributed by atoms with van der Waals surface area (Å²) in [5.41, 5.74) is 2.59. The molecule has 0 aliphatic carbocycles. The molecule has 0 spiro atoms. The van der Waals surface area contributed by atoms with E-state index in [1.54, 1.807) is 6.20 Å². The van der Waals surface area contributed by atoms with Crippen LogP contribution in [-0.4, -0.2) is 22.4 Å². The molecule has 5 nitrogen and oxygen atoms in total. The van der Waals surface area contributed by atoms with Gasteiger partial charge in [-0.2, -0.15) is 5.10 Å². The number of furan rings is 1. The number of hydrogen-bond acceptors (Lipinski definition) is 4. The van der Waals surface area contributed by atoms with E-state index >= 15 is 0 Å². The molecule has 0 N–H and O–H groups in total. The summed E-state index contributed by atoms with van der Waals surface area (Å²) in [7, 11) is 0. The maximum absolute atomic E-state index is 12.2. The predicted octanol–water partition coefficient (Wildman–Crippen LogP) is 3.49. The largest absolute Gasteiger partial charge is 0.460 e. The summed E-state index contributed by atoms with van der Waals surface area (Å²) in [6.45, 7) is 4.91. The summed E-state index contributed by atoms with van der Waals surface area (Å²) >= 11 is 0. The fraction of sp³-hybridized carbons (Fsp3) is 0.294. The van der Waals surface area contributed by atoms with Gasteiger partial charge in [-0.1, -0.05) is 18.2 Å². The van der Waals surface area contributed by atoms with Crippen molar-refractivity contribution in [2.45, 2.75) is 26.8 Å². The highest BCUT2D eigenvalue weighted by Crippen LogP contribution is 2.28. The Morgan fingerprint density at radius 3 is 2.91 bits per heavy atom. The Labute approximate surface area is 128 Å². The molecule has 3 rings (SSSR count). The summed E-state index contributed by atoms with van der Waals surface area (Å²) in [6, 6.07) is 7.74. The first-order valence-electron chi connectivity index (χ1n) is 7.30. The summed E-state index contributed by atoms with van der Waals surface area (Å²) in [6.07, 6.45) is 4.33. The molecule has 5 heteroatoms. The molecule has 0 aliphatic heterocycles. The van der Waals surface area contributed by atoms with Gasteiger partial charge in [-0.15, -0.1) is 0 Å². The Hall–Kier alpha value is -2.56. The molecular weight excluding hydrogens is 280 g/mol. The van der Waals surface area contributed by atoms with Crippen molar-refractivity contribution in [3.05, 3.63) is 53.5 Å². The molecule has 0 saturated heterocycles. The molecule has 0 fully saturated rings. The van der Waals surface area contributed by atoms with E-state index in [9.17, 15) is 4.79 Å². The second-order valence-corrected chi connectivity index (χ2v) is 5.27. The minimum absolute atomic E-state index is 0.295. The summed E-state index contributed by atoms with van der Waals surface area (Å²) in [5, 5.41) is 5.06. The van der Waals surface area contributed by atoms with Gasteiger partial charge in [0.25, 0.3) is 0 Å². The molecule has 114 valence electrons. The Morgan fingerprint density at radius 2 is 2.18 bits per heavy atom. The maximum Gasteiger partial charge on any atom is 0.374 e. The Balaban J connectivity index is 1.65. The van der Waals surface area contributed by atoms with Crippen LogP contribution in [0.5, 0.6) is 0 Å². The monoisotopic (exact) mass is 298 g/mol. The SMILES string of the molecule is Cc1c(C(=O)OCCCn2cccn2)oc2c(C)cccc12. The van der Waals surface area contributed by atoms with Crippen LogP contribution in [0.15, 0.2) is 41.1 Å². The first-order chi connectivity index (χ1) is 10.7. The number of nitrogens with zero attached hydrogens (tertiary/aromatic N) is 2. The first kappa shape index (κ1) is 14.4. The van der Waals surface area contributed by atoms with Crippen molar-refractivity contribution in [1.82, 2.24) is 9.78 Å². The average molecular weight is 298 g/mol. The maximum atomic E-state index is 12.2. The number of aryl methyl sites for hydroxylation is 3. The molecule has 0 aliphatic rings. The topological polar surface area (TPSA) is 57.3 Å². The van der Waals surface area contributed by atoms with E-state index in [2.05, 4.69) is 5.10 Å². The first-order valence-corrected chi connectivity index (χ1v) is 7.30. The number of esters is 1. The van der Waals surface area contributed by atoms with E-state index in [0.29, 0.717) is 18.8 Å². The molecule has 3 aromatic rings. The van der Waals surface area contributed by atoms with Crippen molar-refractivity contribution in [3.8, 4) is 0 Å². The quantitative estimate of drug-likeness (QED) is 0.534. The number of para-hydroxylation sites is 1. The minimum Gasteiger partial charge on any atom is -0.460 e. The zero-order valence-electron chi connectivity index (χ0n) is 12.7. The van der Waals surface area contributed by atoms with E-state index in [1.807, 2.05) is 49.0 Å². The fourth-order valence-corrected chi connectivity index (χ4v) is 2.47. The third kappa shape index (κ3) is 2.74. The summed E-state index contributed by atoms with van der Waals surface area (Å²) in [4.78, 5) is 12.2. The number of ether oxygens (including phenoxy) is 1. The van der Waals surface area contributed by atoms with E-state index in [-0.39, 0.29) is 0 Å². The van der Waals surface area contributed by atoms with Gasteiger partial charge < -0.3 is 9.15 Å². The molecule has 2 aromatic heterocycles. The van der Waals surface area contributed by atoms with Gasteiger partial charge in [0.05, 0.1) is 6.61 Å². The molecule has 0 amide bonds. The number of carbonyl (C=O) groups excluding carboxylic acids is 1. The summed E-state index contributed by atoms with van der Waals surface area (Å²) < 4.78 is 12.8. The van der Waals surface area contributed by atoms with Gasteiger partial charge in [-0.05, 0) is 25.5 Å². The molecule has 22 heavy (non-hydrogen) atoms. The fourth-order valence-electron chi connectivity index (χ4n) is 2.47. The number of hydrogen-bond donors (Lipinski definition) is 0. The molecule has 0 bridgehead atoms. The smallest absolute Gasteiger partial charge is 0.374 e. The van der Waals surface area contributed by atoms with Crippen LogP contribution in [0, 0.1) is 13.8 Å². The number of benzene rings is 1. The van der Waals surface area contributed by atoms with Gasteiger partial charge in [0.2, 0.25) is 5.76 Å². The molecule has 0 atom stereocenters. The Bertz CT molecular complexity index is 788. The molecule has 1 aromatic carbocycles. The van der Waals surface area contributed by atoms with Crippen LogP contribution in [0.2, 0.25) is 0 Å². The van der Waals surface area contributed by atoms with E-state index in [1.165, 1.54) is 0 Å². The highest BCUT2D eigenvalue weighted by atomic mass is 16.5. The highest BCUT2D eigenvalue weighted by molar-refractivity contribution is 5.96. The summed E-state index contributed by atoms with van der Waals surface area (Å²) in [5.74, 6) is -0.114. The Kier molecular flexibility index (Phi) is 3.96. The number of rotatable bonds is 5. The van der Waals surface area contributed by atoms with Crippen molar-refractivity contribution in [3.63, 3.8) is 0 Å². The van der Waals surface area contributed by atoms with Gasteiger partial charge in [-0.3, -0.25) is 4.68 Å². The van der Waals surface area contributed by atoms with Crippen LogP contribution >= 0.6 is 0 Å². The van der Waals surface area contributed by atoms with Gasteiger partial charge in [0, 0.05) is 36.3 Å². The second kappa shape index (κ2) is 6.05. The normalized spacial score (nSPS) is 11.0. The van der Waals surface area contributed by atoms with Gasteiger partial charge in [0.1, 0.15) is 5.58 Å². The van der Waals surface area contributed by atoms with Gasteiger partial charge in [0.15, 0.2) is 0 Å². The van der Waals surface area contributed by atoms with Crippen molar-refractivity contribution in [1.29, 1.82) is 0 Å². The van der Waals surface area contributed by atoms with E-state index in [4.69, 9.17) is 9.15 Å². The highest BCUT2D eigenvalue weighted by Gasteiger charge is 2.19. The number of fused-ring (bicyclic) bond motifs is 1. The van der Waals surface area contributed by atoms with Crippen LogP contribution in [-0.2, 0) is 11.3 Å². The standard InChI is InChI=1S/C17H18N2O3/c1-12-6-3-7-14-13(2)16(22-15(12)14)17(20)21-11-5-10-19-9-4-8-18-19/h3-4,6-9H,5,10-11H2,1-2H3.